The number of hydroxylamine groups is 2. The Morgan fingerprint density at radius 3 is 2.35 bits per heavy atom. The molecular weight excluding hydrogens is 633 g/mol. The number of likely N-dealkylation sites (N-methyl/N-ethyl adjacent to an activating group) is 1. The van der Waals surface area contributed by atoms with Gasteiger partial charge in [-0.2, -0.15) is 0 Å². The molecule has 0 bridgehead atoms. The summed E-state index contributed by atoms with van der Waals surface area (Å²) in [5.41, 5.74) is 0.504. The van der Waals surface area contributed by atoms with Gasteiger partial charge in [0.25, 0.3) is 17.5 Å². The minimum absolute atomic E-state index is 0.0692. The molecule has 0 aromatic heterocycles. The molecular formula is C30H50N6O8SSi. The molecule has 2 aliphatic heterocycles. The molecule has 258 valence electrons. The summed E-state index contributed by atoms with van der Waals surface area (Å²) in [6.45, 7) is 17.1. The topological polar surface area (TPSA) is 158 Å². The molecule has 16 heteroatoms. The lowest BCUT2D eigenvalue weighted by molar-refractivity contribution is -0.384. The van der Waals surface area contributed by atoms with Crippen LogP contribution in [0.15, 0.2) is 24.3 Å². The second-order valence-electron chi connectivity index (χ2n) is 13.0. The number of carbonyl (C=O) groups excluding carboxylic acids is 3. The highest BCUT2D eigenvalue weighted by Crippen LogP contribution is 2.40. The number of amides is 3. The summed E-state index contributed by atoms with van der Waals surface area (Å²) in [6, 6.07) is 5.07. The lowest BCUT2D eigenvalue weighted by Crippen LogP contribution is -2.57. The maximum absolute atomic E-state index is 13.8. The van der Waals surface area contributed by atoms with E-state index in [1.54, 1.807) is 5.01 Å². The molecule has 0 saturated carbocycles. The Balaban J connectivity index is 1.80. The number of nitro groups is 1. The Morgan fingerprint density at radius 1 is 1.17 bits per heavy atom. The fourth-order valence-corrected chi connectivity index (χ4v) is 7.79. The molecule has 1 aromatic rings. The van der Waals surface area contributed by atoms with Crippen molar-refractivity contribution in [2.24, 2.45) is 0 Å². The predicted molar refractivity (Wildman–Crippen MR) is 178 cm³/mol. The molecule has 2 heterocycles. The number of ether oxygens (including phenoxy) is 1. The molecule has 3 atom stereocenters. The molecule has 0 spiro atoms. The average Bonchev–Trinajstić information content (AvgIpc) is 3.41. The fourth-order valence-electron chi connectivity index (χ4n) is 5.33. The summed E-state index contributed by atoms with van der Waals surface area (Å²) < 4.78 is 12.3. The van der Waals surface area contributed by atoms with Crippen molar-refractivity contribution in [3.05, 3.63) is 39.9 Å². The van der Waals surface area contributed by atoms with E-state index in [9.17, 15) is 29.7 Å². The van der Waals surface area contributed by atoms with E-state index in [0.29, 0.717) is 42.4 Å². The van der Waals surface area contributed by atoms with Crippen LogP contribution in [0.5, 0.6) is 0 Å². The normalized spacial score (nSPS) is 19.9. The average molecular weight is 683 g/mol. The lowest BCUT2D eigenvalue weighted by Gasteiger charge is -2.38. The number of benzene rings is 1. The summed E-state index contributed by atoms with van der Waals surface area (Å²) in [5.74, 6) is -0.538. The predicted octanol–water partition coefficient (Wildman–Crippen LogP) is 3.70. The van der Waals surface area contributed by atoms with Crippen LogP contribution in [0, 0.1) is 10.1 Å². The van der Waals surface area contributed by atoms with Gasteiger partial charge < -0.3 is 19.4 Å². The molecule has 1 unspecified atom stereocenters. The van der Waals surface area contributed by atoms with Gasteiger partial charge in [0.2, 0.25) is 0 Å². The van der Waals surface area contributed by atoms with Crippen LogP contribution in [0.1, 0.15) is 46.6 Å². The number of likely N-dealkylation sites (tertiary alicyclic amines) is 1. The van der Waals surface area contributed by atoms with Gasteiger partial charge >= 0.3 is 6.09 Å². The minimum atomic E-state index is -2.25. The first-order valence-corrected chi connectivity index (χ1v) is 19.8. The first-order valence-electron chi connectivity index (χ1n) is 15.8. The summed E-state index contributed by atoms with van der Waals surface area (Å²) >= 11 is 1.29. The number of piperazine rings is 1. The van der Waals surface area contributed by atoms with E-state index in [1.807, 2.05) is 18.9 Å². The third kappa shape index (κ3) is 9.64. The summed E-state index contributed by atoms with van der Waals surface area (Å²) in [5, 5.41) is 28.2. The zero-order chi connectivity index (χ0) is 34.2. The van der Waals surface area contributed by atoms with E-state index in [-0.39, 0.29) is 30.0 Å². The minimum Gasteiger partial charge on any atom is -0.445 e. The Kier molecular flexibility index (Phi) is 13.4. The van der Waals surface area contributed by atoms with Gasteiger partial charge in [0.05, 0.1) is 17.1 Å². The molecule has 46 heavy (non-hydrogen) atoms. The van der Waals surface area contributed by atoms with Gasteiger partial charge in [0, 0.05) is 51.4 Å². The van der Waals surface area contributed by atoms with E-state index in [0.717, 1.165) is 13.1 Å². The molecule has 0 aliphatic carbocycles. The number of hydrogen-bond donors (Lipinski definition) is 2. The van der Waals surface area contributed by atoms with E-state index in [2.05, 4.69) is 39.2 Å². The van der Waals surface area contributed by atoms with Gasteiger partial charge in [-0.15, -0.1) is 11.8 Å². The van der Waals surface area contributed by atoms with E-state index in [4.69, 9.17) is 9.16 Å². The largest absolute Gasteiger partial charge is 0.445 e. The molecule has 2 saturated heterocycles. The Morgan fingerprint density at radius 2 is 1.80 bits per heavy atom. The number of hydrogen-bond acceptors (Lipinski definition) is 11. The fraction of sp³-hybridized carbons (Fsp3) is 0.700. The van der Waals surface area contributed by atoms with Crippen LogP contribution in [-0.2, 0) is 25.4 Å². The third-order valence-corrected chi connectivity index (χ3v) is 14.6. The van der Waals surface area contributed by atoms with Gasteiger partial charge in [-0.1, -0.05) is 27.7 Å². The van der Waals surface area contributed by atoms with Crippen LogP contribution in [0.3, 0.4) is 0 Å². The Bertz CT molecular complexity index is 1210. The molecule has 14 nitrogen and oxygen atoms in total. The van der Waals surface area contributed by atoms with Crippen LogP contribution in [0.4, 0.5) is 10.5 Å². The second kappa shape index (κ2) is 16.4. The van der Waals surface area contributed by atoms with Gasteiger partial charge in [-0.3, -0.25) is 29.9 Å². The Hall–Kier alpha value is -2.76. The molecule has 2 fully saturated rings. The van der Waals surface area contributed by atoms with Crippen molar-refractivity contribution in [2.75, 3.05) is 51.6 Å². The van der Waals surface area contributed by atoms with E-state index >= 15 is 0 Å². The van der Waals surface area contributed by atoms with Crippen molar-refractivity contribution >= 4 is 43.7 Å². The molecule has 3 rings (SSSR count). The molecule has 3 amide bonds. The second-order valence-corrected chi connectivity index (χ2v) is 19.2. The Labute approximate surface area is 276 Å². The highest BCUT2D eigenvalue weighted by molar-refractivity contribution is 8.00. The SMILES string of the molecule is CCSC(C(=O)N(O)CC(=O)N(CC)N1CCNCC1)[C@@H]1C[C@H](O[Si](C)(C)C(C)(C)C)CN1C(=O)OCc1ccc([N+](=O)[O-])cc1. The maximum atomic E-state index is 13.8. The third-order valence-electron chi connectivity index (χ3n) is 8.82. The lowest BCUT2D eigenvalue weighted by atomic mass is 10.1. The van der Waals surface area contributed by atoms with Crippen LogP contribution >= 0.6 is 11.8 Å². The van der Waals surface area contributed by atoms with Gasteiger partial charge in [0.1, 0.15) is 18.4 Å². The number of carbonyl (C=O) groups is 3. The number of thioether (sulfide) groups is 1. The number of nitrogens with zero attached hydrogens (tertiary/aromatic N) is 5. The van der Waals surface area contributed by atoms with Gasteiger partial charge in [-0.25, -0.2) is 14.9 Å². The molecule has 2 aliphatic rings. The smallest absolute Gasteiger partial charge is 0.410 e. The number of nitrogens with one attached hydrogen (secondary N) is 1. The molecule has 2 N–H and O–H groups in total. The van der Waals surface area contributed by atoms with E-state index < -0.39 is 49.0 Å². The highest BCUT2D eigenvalue weighted by Gasteiger charge is 2.48. The number of rotatable bonds is 13. The van der Waals surface area contributed by atoms with Crippen LogP contribution in [0.2, 0.25) is 18.1 Å². The quantitative estimate of drug-likeness (QED) is 0.135. The van der Waals surface area contributed by atoms with Crippen molar-refractivity contribution in [3.63, 3.8) is 0 Å². The van der Waals surface area contributed by atoms with Crippen molar-refractivity contribution in [3.8, 4) is 0 Å². The highest BCUT2D eigenvalue weighted by atomic mass is 32.2. The van der Waals surface area contributed by atoms with Gasteiger partial charge in [0.15, 0.2) is 8.32 Å². The van der Waals surface area contributed by atoms with Crippen LogP contribution in [0.25, 0.3) is 0 Å². The summed E-state index contributed by atoms with van der Waals surface area (Å²) in [7, 11) is -2.25. The van der Waals surface area contributed by atoms with Crippen molar-refractivity contribution in [1.29, 1.82) is 0 Å². The standard InChI is InChI=1S/C30H50N6O8SSi/c1-8-34(32-16-14-31-15-17-32)26(37)20-35(40)28(38)27(45-9-2)25-18-24(44-46(6,7)30(3,4)5)19-33(25)29(39)43-21-22-10-12-23(13-11-22)36(41)42/h10-13,24-25,27,31,40H,8-9,14-21H2,1-7H3/t24-,25-,27?/m0/s1. The molecule has 0 radical (unpaired) electrons. The maximum Gasteiger partial charge on any atom is 0.410 e. The zero-order valence-corrected chi connectivity index (χ0v) is 29.9. The number of nitro benzene ring substituents is 1. The number of non-ortho nitro benzene ring substituents is 1. The van der Waals surface area contributed by atoms with Gasteiger partial charge in [-0.05, 0) is 54.9 Å². The summed E-state index contributed by atoms with van der Waals surface area (Å²) in [6.07, 6.45) is -0.662. The zero-order valence-electron chi connectivity index (χ0n) is 28.1. The van der Waals surface area contributed by atoms with Crippen molar-refractivity contribution in [2.45, 2.75) is 83.2 Å². The molecule has 1 aromatic carbocycles. The number of hydrazine groups is 1. The first kappa shape index (κ1) is 37.7. The van der Waals surface area contributed by atoms with E-state index in [1.165, 1.54) is 40.9 Å². The summed E-state index contributed by atoms with van der Waals surface area (Å²) in [4.78, 5) is 52.6. The first-order chi connectivity index (χ1) is 21.6. The van der Waals surface area contributed by atoms with Crippen LogP contribution < -0.4 is 5.32 Å². The van der Waals surface area contributed by atoms with Crippen molar-refractivity contribution in [1.82, 2.24) is 25.3 Å². The van der Waals surface area contributed by atoms with Crippen LogP contribution in [-0.4, -0.2) is 125 Å². The monoisotopic (exact) mass is 682 g/mol. The van der Waals surface area contributed by atoms with Crippen molar-refractivity contribution < 1.29 is 33.7 Å².